The van der Waals surface area contributed by atoms with Crippen LogP contribution in [0, 0.1) is 23.7 Å². The first-order valence-corrected chi connectivity index (χ1v) is 15.2. The molecule has 2 aromatic carbocycles. The smallest absolute Gasteiger partial charge is 0.338 e. The van der Waals surface area contributed by atoms with Crippen molar-refractivity contribution < 1.29 is 48.6 Å². The van der Waals surface area contributed by atoms with Crippen molar-refractivity contribution in [2.75, 3.05) is 6.61 Å². The number of ketones is 1. The fraction of sp³-hybridized carbons (Fsp3) is 0.529. The van der Waals surface area contributed by atoms with Crippen molar-refractivity contribution in [3.8, 4) is 0 Å². The van der Waals surface area contributed by atoms with Gasteiger partial charge in [-0.2, -0.15) is 0 Å². The summed E-state index contributed by atoms with van der Waals surface area (Å²) in [5.41, 5.74) is -5.52. The molecule has 10 nitrogen and oxygen atoms in total. The van der Waals surface area contributed by atoms with Crippen molar-refractivity contribution in [3.05, 3.63) is 83.9 Å². The Morgan fingerprint density at radius 3 is 2.32 bits per heavy atom. The number of aliphatic hydroxyl groups excluding tert-OH is 2. The molecule has 3 N–H and O–H groups in total. The molecule has 2 aromatic rings. The molecule has 3 bridgehead atoms. The van der Waals surface area contributed by atoms with Crippen LogP contribution in [0.25, 0.3) is 0 Å². The lowest BCUT2D eigenvalue weighted by atomic mass is 9.52. The molecule has 3 saturated heterocycles. The molecule has 0 amide bonds. The first-order chi connectivity index (χ1) is 20.9. The Kier molecular flexibility index (Phi) is 5.73. The van der Waals surface area contributed by atoms with Gasteiger partial charge in [0.1, 0.15) is 30.0 Å². The van der Waals surface area contributed by atoms with Crippen LogP contribution in [0.4, 0.5) is 0 Å². The third kappa shape index (κ3) is 3.05. The molecular formula is C34H36O10. The minimum absolute atomic E-state index is 0.179. The van der Waals surface area contributed by atoms with Crippen molar-refractivity contribution in [2.45, 2.75) is 80.0 Å². The van der Waals surface area contributed by atoms with Gasteiger partial charge in [-0.1, -0.05) is 69.0 Å². The maximum Gasteiger partial charge on any atom is 0.338 e. The van der Waals surface area contributed by atoms with Crippen LogP contribution in [0.15, 0.2) is 72.8 Å². The summed E-state index contributed by atoms with van der Waals surface area (Å²) < 4.78 is 33.5. The predicted octanol–water partition coefficient (Wildman–Crippen LogP) is 2.25. The number of hydrogen-bond acceptors (Lipinski definition) is 10. The monoisotopic (exact) mass is 604 g/mol. The minimum Gasteiger partial charge on any atom is -0.455 e. The lowest BCUT2D eigenvalue weighted by molar-refractivity contribution is -0.443. The minimum atomic E-state index is -2.33. The summed E-state index contributed by atoms with van der Waals surface area (Å²) in [6, 6.07) is 17.7. The molecule has 13 atom stereocenters. The highest BCUT2D eigenvalue weighted by Crippen LogP contribution is 2.74. The van der Waals surface area contributed by atoms with E-state index >= 15 is 0 Å². The van der Waals surface area contributed by atoms with Gasteiger partial charge in [0.05, 0.1) is 17.8 Å². The molecule has 0 aromatic heterocycles. The highest BCUT2D eigenvalue weighted by atomic mass is 16.9. The fourth-order valence-corrected chi connectivity index (χ4v) is 9.52. The number of carbonyl (C=O) groups excluding carboxylic acids is 2. The van der Waals surface area contributed by atoms with Gasteiger partial charge in [-0.3, -0.25) is 4.79 Å². The SMILES string of the molecule is C=C(C)[C@]12OC3(c4ccccc4)O[C@H]1[C@H]1[C@H]4O[C@@]4(CO)[C@H](O)[C@@]4(O)C(=O)[C@H](C)C[C@@H]4C1(O3)[C@@H](C)[C@@H]2OC(=O)c1ccccc1. The van der Waals surface area contributed by atoms with Gasteiger partial charge in [0, 0.05) is 29.2 Å². The summed E-state index contributed by atoms with van der Waals surface area (Å²) in [5, 5.41) is 34.9. The topological polar surface area (TPSA) is 144 Å². The molecular weight excluding hydrogens is 568 g/mol. The number of carbonyl (C=O) groups is 2. The van der Waals surface area contributed by atoms with E-state index in [1.54, 1.807) is 56.3 Å². The average Bonchev–Trinajstić information content (AvgIpc) is 3.65. The third-order valence-electron chi connectivity index (χ3n) is 11.5. The molecule has 8 rings (SSSR count). The van der Waals surface area contributed by atoms with Gasteiger partial charge in [0.2, 0.25) is 0 Å². The highest BCUT2D eigenvalue weighted by Gasteiger charge is 2.91. The van der Waals surface area contributed by atoms with Crippen LogP contribution in [-0.2, 0) is 34.5 Å². The van der Waals surface area contributed by atoms with E-state index in [-0.39, 0.29) is 6.42 Å². The Morgan fingerprint density at radius 1 is 1.02 bits per heavy atom. The number of esters is 1. The van der Waals surface area contributed by atoms with Gasteiger partial charge >= 0.3 is 11.9 Å². The zero-order chi connectivity index (χ0) is 31.0. The van der Waals surface area contributed by atoms with Crippen LogP contribution in [0.2, 0.25) is 0 Å². The number of Topliss-reactive ketones (excluding diaryl/α,β-unsaturated/α-hetero) is 1. The van der Waals surface area contributed by atoms with E-state index in [1.165, 1.54) is 0 Å². The van der Waals surface area contributed by atoms with E-state index in [9.17, 15) is 24.9 Å². The van der Waals surface area contributed by atoms with Gasteiger partial charge in [0.25, 0.3) is 0 Å². The number of hydrogen-bond donors (Lipinski definition) is 3. The van der Waals surface area contributed by atoms with Gasteiger partial charge in [-0.15, -0.1) is 0 Å². The Morgan fingerprint density at radius 2 is 1.68 bits per heavy atom. The predicted molar refractivity (Wildman–Crippen MR) is 152 cm³/mol. The standard InChI is InChI=1S/C34H36O10/c1-17(2)32-25(40-28(37)20-11-7-5-8-12-20)19(4)33-22-15-18(3)24(36)31(22,39)29(38)30(16-35)26(41-30)23(33)27(32)42-34(43-32,44-33)21-13-9-6-10-14-21/h5-14,18-19,22-23,25-27,29,35,38-39H,1,15-16H2,2-4H3/t18-,19+,22+,23-,25+,26-,27+,29+,30-,31+,32-,33?,34?/m1/s1. The van der Waals surface area contributed by atoms with Crippen molar-refractivity contribution >= 4 is 11.8 Å². The number of benzene rings is 2. The van der Waals surface area contributed by atoms with Crippen LogP contribution < -0.4 is 0 Å². The fourth-order valence-electron chi connectivity index (χ4n) is 9.52. The van der Waals surface area contributed by atoms with Crippen molar-refractivity contribution in [1.82, 2.24) is 0 Å². The van der Waals surface area contributed by atoms with E-state index in [0.717, 1.165) is 0 Å². The zero-order valence-corrected chi connectivity index (χ0v) is 24.7. The molecule has 6 fully saturated rings. The molecule has 3 aliphatic carbocycles. The number of ether oxygens (including phenoxy) is 5. The summed E-state index contributed by atoms with van der Waals surface area (Å²) in [6.07, 6.45) is -4.39. The van der Waals surface area contributed by atoms with Gasteiger partial charge < -0.3 is 39.0 Å². The number of epoxide rings is 1. The molecule has 3 saturated carbocycles. The molecule has 232 valence electrons. The molecule has 0 spiro atoms. The Bertz CT molecular complexity index is 1560. The van der Waals surface area contributed by atoms with Gasteiger partial charge in [-0.05, 0) is 31.1 Å². The van der Waals surface area contributed by atoms with Crippen LogP contribution in [0.5, 0.6) is 0 Å². The lowest BCUT2D eigenvalue weighted by Gasteiger charge is -2.61. The van der Waals surface area contributed by atoms with Crippen LogP contribution >= 0.6 is 0 Å². The summed E-state index contributed by atoms with van der Waals surface area (Å²) in [7, 11) is 0. The Hall–Kier alpha value is -2.96. The van der Waals surface area contributed by atoms with Crippen LogP contribution in [0.3, 0.4) is 0 Å². The van der Waals surface area contributed by atoms with Gasteiger partial charge in [0.15, 0.2) is 17.0 Å². The third-order valence-corrected chi connectivity index (χ3v) is 11.5. The normalized spacial score (nSPS) is 49.5. The molecule has 0 radical (unpaired) electrons. The first-order valence-electron chi connectivity index (χ1n) is 15.2. The Balaban J connectivity index is 1.40. The zero-order valence-electron chi connectivity index (χ0n) is 24.7. The summed E-state index contributed by atoms with van der Waals surface area (Å²) in [4.78, 5) is 27.6. The average molecular weight is 605 g/mol. The maximum absolute atomic E-state index is 13.9. The second kappa shape index (κ2) is 8.85. The molecule has 6 aliphatic rings. The molecule has 10 heteroatoms. The highest BCUT2D eigenvalue weighted by molar-refractivity contribution is 5.93. The van der Waals surface area contributed by atoms with Crippen molar-refractivity contribution in [3.63, 3.8) is 0 Å². The second-order valence-corrected chi connectivity index (χ2v) is 13.5. The number of rotatable bonds is 5. The summed E-state index contributed by atoms with van der Waals surface area (Å²) >= 11 is 0. The summed E-state index contributed by atoms with van der Waals surface area (Å²) in [6.45, 7) is 9.02. The largest absolute Gasteiger partial charge is 0.455 e. The first kappa shape index (κ1) is 28.5. The van der Waals surface area contributed by atoms with E-state index < -0.39 is 94.8 Å². The van der Waals surface area contributed by atoms with E-state index in [4.69, 9.17) is 23.7 Å². The Labute approximate surface area is 254 Å². The molecule has 3 heterocycles. The van der Waals surface area contributed by atoms with Gasteiger partial charge in [-0.25, -0.2) is 4.79 Å². The lowest BCUT2D eigenvalue weighted by Crippen LogP contribution is -2.76. The van der Waals surface area contributed by atoms with Crippen molar-refractivity contribution in [1.29, 1.82) is 0 Å². The van der Waals surface area contributed by atoms with E-state index in [1.807, 2.05) is 25.1 Å². The van der Waals surface area contributed by atoms with E-state index in [0.29, 0.717) is 16.7 Å². The summed E-state index contributed by atoms with van der Waals surface area (Å²) in [5.74, 6) is -6.07. The van der Waals surface area contributed by atoms with Crippen LogP contribution in [0.1, 0.15) is 43.1 Å². The maximum atomic E-state index is 13.9. The molecule has 3 aliphatic heterocycles. The number of aliphatic hydroxyl groups is 3. The van der Waals surface area contributed by atoms with E-state index in [2.05, 4.69) is 6.58 Å². The number of fused-ring (bicyclic) bond motifs is 3. The quantitative estimate of drug-likeness (QED) is 0.264. The molecule has 2 unspecified atom stereocenters. The second-order valence-electron chi connectivity index (χ2n) is 13.5. The van der Waals surface area contributed by atoms with Crippen LogP contribution in [-0.4, -0.2) is 80.5 Å². The molecule has 44 heavy (non-hydrogen) atoms. The van der Waals surface area contributed by atoms with Crippen molar-refractivity contribution in [2.24, 2.45) is 23.7 Å².